The maximum Gasteiger partial charge on any atom is 0.246 e. The first kappa shape index (κ1) is 6.85. The van der Waals surface area contributed by atoms with Crippen LogP contribution in [0.25, 0.3) is 0 Å². The molecule has 1 saturated heterocycles. The van der Waals surface area contributed by atoms with Crippen molar-refractivity contribution >= 4 is 5.91 Å². The number of hydrogen-bond acceptors (Lipinski definition) is 2. The molecule has 3 heteroatoms. The Hall–Kier alpha value is -0.830. The average molecular weight is 153 g/mol. The number of hydrogen-bond donors (Lipinski definition) is 0. The largest absolute Gasteiger partial charge is 0.374 e. The summed E-state index contributed by atoms with van der Waals surface area (Å²) >= 11 is 0. The third-order valence-corrected chi connectivity index (χ3v) is 2.22. The van der Waals surface area contributed by atoms with E-state index in [-0.39, 0.29) is 5.91 Å². The first-order valence-electron chi connectivity index (χ1n) is 3.87. The Morgan fingerprint density at radius 1 is 1.73 bits per heavy atom. The highest BCUT2D eigenvalue weighted by atomic mass is 16.5. The van der Waals surface area contributed by atoms with E-state index in [0.717, 1.165) is 13.0 Å². The first-order valence-corrected chi connectivity index (χ1v) is 3.87. The summed E-state index contributed by atoms with van der Waals surface area (Å²) in [7, 11) is 0. The lowest BCUT2D eigenvalue weighted by molar-refractivity contribution is -0.130. The fourth-order valence-electron chi connectivity index (χ4n) is 1.53. The number of rotatable bonds is 1. The Morgan fingerprint density at radius 3 is 3.27 bits per heavy atom. The van der Waals surface area contributed by atoms with Crippen molar-refractivity contribution in [3.05, 3.63) is 12.7 Å². The molecular formula is C8H11NO2. The first-order chi connectivity index (χ1) is 5.33. The summed E-state index contributed by atoms with van der Waals surface area (Å²) in [6.07, 6.45) is 2.72. The zero-order chi connectivity index (χ0) is 7.84. The lowest BCUT2D eigenvalue weighted by Gasteiger charge is -2.25. The number of fused-ring (bicyclic) bond motifs is 1. The van der Waals surface area contributed by atoms with E-state index >= 15 is 0 Å². The molecule has 1 amide bonds. The molecule has 0 N–H and O–H groups in total. The maximum absolute atomic E-state index is 11.2. The molecule has 2 rings (SSSR count). The van der Waals surface area contributed by atoms with Gasteiger partial charge in [0.2, 0.25) is 5.91 Å². The summed E-state index contributed by atoms with van der Waals surface area (Å²) in [6, 6.07) is 0.356. The van der Waals surface area contributed by atoms with Gasteiger partial charge in [-0.05, 0) is 12.5 Å². The average Bonchev–Trinajstić information content (AvgIpc) is 2.80. The standard InChI is InChI=1S/C8H11NO2/c1-2-8(10)9-3-4-11-7-5-6(7)9/h2,6-7H,1,3-5H2. The minimum absolute atomic E-state index is 0.0424. The van der Waals surface area contributed by atoms with Crippen LogP contribution in [-0.2, 0) is 9.53 Å². The van der Waals surface area contributed by atoms with E-state index in [9.17, 15) is 4.79 Å². The van der Waals surface area contributed by atoms with Gasteiger partial charge in [0, 0.05) is 6.54 Å². The van der Waals surface area contributed by atoms with E-state index in [1.807, 2.05) is 4.90 Å². The molecule has 1 aliphatic heterocycles. The number of amides is 1. The fraction of sp³-hybridized carbons (Fsp3) is 0.625. The second-order valence-corrected chi connectivity index (χ2v) is 2.95. The summed E-state index contributed by atoms with van der Waals surface area (Å²) in [5.74, 6) is 0.0424. The van der Waals surface area contributed by atoms with Crippen LogP contribution in [0.1, 0.15) is 6.42 Å². The molecule has 0 aromatic rings. The highest BCUT2D eigenvalue weighted by Gasteiger charge is 2.47. The Morgan fingerprint density at radius 2 is 2.55 bits per heavy atom. The van der Waals surface area contributed by atoms with Crippen molar-refractivity contribution < 1.29 is 9.53 Å². The Labute approximate surface area is 65.6 Å². The molecule has 0 radical (unpaired) electrons. The van der Waals surface area contributed by atoms with Gasteiger partial charge in [0.15, 0.2) is 0 Å². The van der Waals surface area contributed by atoms with Crippen molar-refractivity contribution in [1.29, 1.82) is 0 Å². The molecule has 2 aliphatic rings. The van der Waals surface area contributed by atoms with Crippen LogP contribution in [0.15, 0.2) is 12.7 Å². The van der Waals surface area contributed by atoms with Gasteiger partial charge in [-0.3, -0.25) is 4.79 Å². The highest BCUT2D eigenvalue weighted by Crippen LogP contribution is 2.34. The molecule has 1 aliphatic carbocycles. The van der Waals surface area contributed by atoms with E-state index in [2.05, 4.69) is 6.58 Å². The summed E-state index contributed by atoms with van der Waals surface area (Å²) in [6.45, 7) is 4.87. The Balaban J connectivity index is 2.02. The molecule has 0 aromatic heterocycles. The molecule has 0 aromatic carbocycles. The van der Waals surface area contributed by atoms with Crippen LogP contribution in [0, 0.1) is 0 Å². The molecule has 0 bridgehead atoms. The normalized spacial score (nSPS) is 34.4. The fourth-order valence-corrected chi connectivity index (χ4v) is 1.53. The van der Waals surface area contributed by atoms with Gasteiger partial charge < -0.3 is 9.64 Å². The van der Waals surface area contributed by atoms with Crippen molar-refractivity contribution in [3.8, 4) is 0 Å². The quantitative estimate of drug-likeness (QED) is 0.503. The van der Waals surface area contributed by atoms with Crippen LogP contribution in [0.2, 0.25) is 0 Å². The van der Waals surface area contributed by atoms with Crippen molar-refractivity contribution in [3.63, 3.8) is 0 Å². The van der Waals surface area contributed by atoms with Gasteiger partial charge in [0.05, 0.1) is 18.8 Å². The van der Waals surface area contributed by atoms with Crippen LogP contribution < -0.4 is 0 Å². The predicted molar refractivity (Wildman–Crippen MR) is 40.1 cm³/mol. The number of carbonyl (C=O) groups excluding carboxylic acids is 1. The van der Waals surface area contributed by atoms with Crippen molar-refractivity contribution in [1.82, 2.24) is 4.90 Å². The van der Waals surface area contributed by atoms with Crippen LogP contribution >= 0.6 is 0 Å². The Kier molecular flexibility index (Phi) is 1.46. The van der Waals surface area contributed by atoms with Gasteiger partial charge in [0.1, 0.15) is 0 Å². The summed E-state index contributed by atoms with van der Waals surface area (Å²) in [5, 5.41) is 0. The van der Waals surface area contributed by atoms with Gasteiger partial charge in [-0.15, -0.1) is 0 Å². The van der Waals surface area contributed by atoms with Crippen molar-refractivity contribution in [2.24, 2.45) is 0 Å². The SMILES string of the molecule is C=CC(=O)N1CCOC2CC21. The zero-order valence-corrected chi connectivity index (χ0v) is 6.32. The van der Waals surface area contributed by atoms with E-state index < -0.39 is 0 Å². The number of carbonyl (C=O) groups is 1. The molecule has 3 nitrogen and oxygen atoms in total. The monoisotopic (exact) mass is 153 g/mol. The number of nitrogens with zero attached hydrogens (tertiary/aromatic N) is 1. The molecule has 0 spiro atoms. The molecule has 2 unspecified atom stereocenters. The van der Waals surface area contributed by atoms with Crippen LogP contribution in [0.3, 0.4) is 0 Å². The van der Waals surface area contributed by atoms with Gasteiger partial charge in [-0.2, -0.15) is 0 Å². The van der Waals surface area contributed by atoms with Gasteiger partial charge >= 0.3 is 0 Å². The molecule has 60 valence electrons. The van der Waals surface area contributed by atoms with E-state index in [0.29, 0.717) is 18.8 Å². The van der Waals surface area contributed by atoms with E-state index in [1.54, 1.807) is 0 Å². The lowest BCUT2D eigenvalue weighted by atomic mass is 10.4. The molecular weight excluding hydrogens is 142 g/mol. The molecule has 1 heterocycles. The summed E-state index contributed by atoms with van der Waals surface area (Å²) < 4.78 is 5.35. The maximum atomic E-state index is 11.2. The molecule has 2 fully saturated rings. The molecule has 11 heavy (non-hydrogen) atoms. The van der Waals surface area contributed by atoms with Gasteiger partial charge in [-0.1, -0.05) is 6.58 Å². The highest BCUT2D eigenvalue weighted by molar-refractivity contribution is 5.87. The number of morpholine rings is 1. The smallest absolute Gasteiger partial charge is 0.246 e. The minimum atomic E-state index is 0.0424. The second-order valence-electron chi connectivity index (χ2n) is 2.95. The van der Waals surface area contributed by atoms with Crippen LogP contribution in [0.5, 0.6) is 0 Å². The predicted octanol–water partition coefficient (Wildman–Crippen LogP) is 0.172. The zero-order valence-electron chi connectivity index (χ0n) is 6.32. The third kappa shape index (κ3) is 1.05. The summed E-state index contributed by atoms with van der Waals surface area (Å²) in [4.78, 5) is 13.0. The molecule has 1 saturated carbocycles. The third-order valence-electron chi connectivity index (χ3n) is 2.22. The van der Waals surface area contributed by atoms with E-state index in [1.165, 1.54) is 6.08 Å². The molecule has 2 atom stereocenters. The van der Waals surface area contributed by atoms with Crippen LogP contribution in [0.4, 0.5) is 0 Å². The lowest BCUT2D eigenvalue weighted by Crippen LogP contribution is -2.40. The minimum Gasteiger partial charge on any atom is -0.374 e. The van der Waals surface area contributed by atoms with Gasteiger partial charge in [0.25, 0.3) is 0 Å². The van der Waals surface area contributed by atoms with Crippen molar-refractivity contribution in [2.45, 2.75) is 18.6 Å². The number of ether oxygens (including phenoxy) is 1. The summed E-state index contributed by atoms with van der Waals surface area (Å²) in [5.41, 5.74) is 0. The topological polar surface area (TPSA) is 29.5 Å². The Bertz CT molecular complexity index is 202. The van der Waals surface area contributed by atoms with Crippen molar-refractivity contribution in [2.75, 3.05) is 13.2 Å². The van der Waals surface area contributed by atoms with Crippen LogP contribution in [-0.4, -0.2) is 36.1 Å². The van der Waals surface area contributed by atoms with E-state index in [4.69, 9.17) is 4.74 Å². The second kappa shape index (κ2) is 2.34. The van der Waals surface area contributed by atoms with Gasteiger partial charge in [-0.25, -0.2) is 0 Å².